The zero-order valence-corrected chi connectivity index (χ0v) is 14.2. The summed E-state index contributed by atoms with van der Waals surface area (Å²) in [4.78, 5) is 0.0569. The van der Waals surface area contributed by atoms with Gasteiger partial charge in [0.1, 0.15) is 19.0 Å². The van der Waals surface area contributed by atoms with Crippen molar-refractivity contribution in [3.8, 4) is 11.5 Å². The van der Waals surface area contributed by atoms with E-state index in [1.807, 2.05) is 18.2 Å². The van der Waals surface area contributed by atoms with Crippen molar-refractivity contribution in [1.29, 1.82) is 0 Å². The summed E-state index contributed by atoms with van der Waals surface area (Å²) in [5, 5.41) is 0. The molecular formula is C15H14Br2O3. The first kappa shape index (κ1) is 14.0. The van der Waals surface area contributed by atoms with Crippen LogP contribution in [0.2, 0.25) is 0 Å². The van der Waals surface area contributed by atoms with Gasteiger partial charge < -0.3 is 13.9 Å². The first-order chi connectivity index (χ1) is 9.70. The normalized spacial score (nSPS) is 15.2. The highest BCUT2D eigenvalue weighted by molar-refractivity contribution is 9.11. The van der Waals surface area contributed by atoms with E-state index in [1.54, 1.807) is 6.26 Å². The lowest BCUT2D eigenvalue weighted by Gasteiger charge is -2.21. The van der Waals surface area contributed by atoms with Gasteiger partial charge in [-0.3, -0.25) is 0 Å². The largest absolute Gasteiger partial charge is 0.486 e. The van der Waals surface area contributed by atoms with Crippen LogP contribution in [0.4, 0.5) is 0 Å². The zero-order chi connectivity index (χ0) is 14.1. The summed E-state index contributed by atoms with van der Waals surface area (Å²) in [6.45, 7) is 3.27. The third-order valence-electron chi connectivity index (χ3n) is 3.31. The molecule has 5 heteroatoms. The van der Waals surface area contributed by atoms with E-state index in [-0.39, 0.29) is 4.83 Å². The summed E-state index contributed by atoms with van der Waals surface area (Å²) >= 11 is 7.37. The minimum absolute atomic E-state index is 0.0569. The van der Waals surface area contributed by atoms with E-state index in [4.69, 9.17) is 13.9 Å². The van der Waals surface area contributed by atoms with Crippen molar-refractivity contribution >= 4 is 31.9 Å². The fraction of sp³-hybridized carbons (Fsp3) is 0.333. The standard InChI is InChI=1S/C15H14Br2O3/c1-2-12-9(3-4-18-12)15(17)10-7-13-14(8-11(10)16)20-6-5-19-13/h3-4,7-8,15H,2,5-6H2,1H3. The molecular weight excluding hydrogens is 388 g/mol. The van der Waals surface area contributed by atoms with E-state index in [0.717, 1.165) is 39.3 Å². The molecule has 0 fully saturated rings. The topological polar surface area (TPSA) is 31.6 Å². The Hall–Kier alpha value is -0.940. The number of halogens is 2. The minimum atomic E-state index is 0.0569. The van der Waals surface area contributed by atoms with Gasteiger partial charge in [0.2, 0.25) is 0 Å². The van der Waals surface area contributed by atoms with Gasteiger partial charge in [-0.2, -0.15) is 0 Å². The van der Waals surface area contributed by atoms with Crippen LogP contribution in [0.5, 0.6) is 11.5 Å². The first-order valence-corrected chi connectivity index (χ1v) is 8.21. The SMILES string of the molecule is CCc1occc1C(Br)c1cc2c(cc1Br)OCCO2. The van der Waals surface area contributed by atoms with Crippen LogP contribution in [0.3, 0.4) is 0 Å². The number of rotatable bonds is 3. The van der Waals surface area contributed by atoms with Gasteiger partial charge in [0.15, 0.2) is 11.5 Å². The maximum absolute atomic E-state index is 5.65. The number of benzene rings is 1. The average Bonchev–Trinajstić information content (AvgIpc) is 2.94. The van der Waals surface area contributed by atoms with Crippen molar-refractivity contribution in [3.63, 3.8) is 0 Å². The number of furan rings is 1. The Kier molecular flexibility index (Phi) is 4.08. The second-order valence-corrected chi connectivity index (χ2v) is 6.30. The molecule has 1 aliphatic rings. The van der Waals surface area contributed by atoms with Gasteiger partial charge in [0, 0.05) is 16.5 Å². The fourth-order valence-corrected chi connectivity index (χ4v) is 3.95. The maximum Gasteiger partial charge on any atom is 0.162 e. The molecule has 0 bridgehead atoms. The molecule has 0 saturated heterocycles. The maximum atomic E-state index is 5.65. The summed E-state index contributed by atoms with van der Waals surface area (Å²) in [7, 11) is 0. The quantitative estimate of drug-likeness (QED) is 0.688. The molecule has 0 saturated carbocycles. The third kappa shape index (κ3) is 2.49. The van der Waals surface area contributed by atoms with E-state index in [9.17, 15) is 0 Å². The molecule has 0 aliphatic carbocycles. The van der Waals surface area contributed by atoms with Gasteiger partial charge in [0.25, 0.3) is 0 Å². The molecule has 2 heterocycles. The molecule has 0 N–H and O–H groups in total. The Balaban J connectivity index is 2.01. The molecule has 1 aromatic heterocycles. The second kappa shape index (κ2) is 5.82. The summed E-state index contributed by atoms with van der Waals surface area (Å²) in [5.74, 6) is 2.57. The van der Waals surface area contributed by atoms with Gasteiger partial charge in [0.05, 0.1) is 11.1 Å². The van der Waals surface area contributed by atoms with E-state index in [0.29, 0.717) is 13.2 Å². The van der Waals surface area contributed by atoms with Gasteiger partial charge in [-0.05, 0) is 23.8 Å². The Morgan fingerprint density at radius 2 is 1.85 bits per heavy atom. The van der Waals surface area contributed by atoms with E-state index in [1.165, 1.54) is 0 Å². The number of alkyl halides is 1. The molecule has 106 valence electrons. The van der Waals surface area contributed by atoms with Gasteiger partial charge >= 0.3 is 0 Å². The predicted molar refractivity (Wildman–Crippen MR) is 84.0 cm³/mol. The third-order valence-corrected chi connectivity index (χ3v) is 4.98. The minimum Gasteiger partial charge on any atom is -0.486 e. The second-order valence-electron chi connectivity index (χ2n) is 4.53. The number of fused-ring (bicyclic) bond motifs is 1. The Labute approximate surface area is 134 Å². The molecule has 0 spiro atoms. The molecule has 1 unspecified atom stereocenters. The van der Waals surface area contributed by atoms with Crippen LogP contribution in [0.25, 0.3) is 0 Å². The van der Waals surface area contributed by atoms with Crippen molar-refractivity contribution in [1.82, 2.24) is 0 Å². The van der Waals surface area contributed by atoms with Gasteiger partial charge in [-0.15, -0.1) is 0 Å². The number of hydrogen-bond acceptors (Lipinski definition) is 3. The Morgan fingerprint density at radius 3 is 2.55 bits per heavy atom. The monoisotopic (exact) mass is 400 g/mol. The lowest BCUT2D eigenvalue weighted by molar-refractivity contribution is 0.171. The lowest BCUT2D eigenvalue weighted by Crippen LogP contribution is -2.15. The Morgan fingerprint density at radius 1 is 1.15 bits per heavy atom. The van der Waals surface area contributed by atoms with Crippen LogP contribution in [0.15, 0.2) is 33.4 Å². The highest BCUT2D eigenvalue weighted by Gasteiger charge is 2.22. The van der Waals surface area contributed by atoms with Crippen molar-refractivity contribution in [3.05, 3.63) is 45.8 Å². The summed E-state index contributed by atoms with van der Waals surface area (Å²) in [5.41, 5.74) is 2.25. The summed E-state index contributed by atoms with van der Waals surface area (Å²) < 4.78 is 17.7. The number of aryl methyl sites for hydroxylation is 1. The van der Waals surface area contributed by atoms with Crippen LogP contribution in [0.1, 0.15) is 28.6 Å². The Bertz CT molecular complexity index is 622. The average molecular weight is 402 g/mol. The smallest absolute Gasteiger partial charge is 0.162 e. The molecule has 20 heavy (non-hydrogen) atoms. The van der Waals surface area contributed by atoms with Crippen molar-refractivity contribution in [2.75, 3.05) is 13.2 Å². The zero-order valence-electron chi connectivity index (χ0n) is 11.0. The van der Waals surface area contributed by atoms with Gasteiger partial charge in [-0.1, -0.05) is 38.8 Å². The lowest BCUT2D eigenvalue weighted by atomic mass is 10.0. The molecule has 1 aliphatic heterocycles. The summed E-state index contributed by atoms with van der Waals surface area (Å²) in [6.07, 6.45) is 2.60. The van der Waals surface area contributed by atoms with E-state index in [2.05, 4.69) is 38.8 Å². The highest BCUT2D eigenvalue weighted by Crippen LogP contribution is 2.43. The summed E-state index contributed by atoms with van der Waals surface area (Å²) in [6, 6.07) is 5.98. The molecule has 0 amide bonds. The molecule has 1 aromatic carbocycles. The molecule has 2 aromatic rings. The molecule has 3 rings (SSSR count). The highest BCUT2D eigenvalue weighted by atomic mass is 79.9. The van der Waals surface area contributed by atoms with Crippen LogP contribution in [0, 0.1) is 0 Å². The van der Waals surface area contributed by atoms with Crippen LogP contribution >= 0.6 is 31.9 Å². The van der Waals surface area contributed by atoms with Crippen molar-refractivity contribution in [2.45, 2.75) is 18.2 Å². The van der Waals surface area contributed by atoms with Crippen LogP contribution in [-0.2, 0) is 6.42 Å². The van der Waals surface area contributed by atoms with E-state index >= 15 is 0 Å². The van der Waals surface area contributed by atoms with Crippen LogP contribution < -0.4 is 9.47 Å². The predicted octanol–water partition coefficient (Wildman–Crippen LogP) is 4.86. The first-order valence-electron chi connectivity index (χ1n) is 6.50. The van der Waals surface area contributed by atoms with Crippen molar-refractivity contribution in [2.24, 2.45) is 0 Å². The molecule has 3 nitrogen and oxygen atoms in total. The fourth-order valence-electron chi connectivity index (χ4n) is 2.31. The van der Waals surface area contributed by atoms with Gasteiger partial charge in [-0.25, -0.2) is 0 Å². The van der Waals surface area contributed by atoms with E-state index < -0.39 is 0 Å². The van der Waals surface area contributed by atoms with Crippen molar-refractivity contribution < 1.29 is 13.9 Å². The molecule has 1 atom stereocenters. The molecule has 0 radical (unpaired) electrons. The number of ether oxygens (including phenoxy) is 2. The number of hydrogen-bond donors (Lipinski definition) is 0. The van der Waals surface area contributed by atoms with Crippen LogP contribution in [-0.4, -0.2) is 13.2 Å².